The lowest BCUT2D eigenvalue weighted by molar-refractivity contribution is 0.136. The fourth-order valence-corrected chi connectivity index (χ4v) is 3.13. The Kier molecular flexibility index (Phi) is 5.56. The zero-order valence-corrected chi connectivity index (χ0v) is 14.4. The number of piperidine rings is 1. The van der Waals surface area contributed by atoms with Crippen molar-refractivity contribution in [2.24, 2.45) is 5.92 Å². The number of amides is 2. The molecule has 0 aliphatic carbocycles. The van der Waals surface area contributed by atoms with Crippen molar-refractivity contribution in [2.75, 3.05) is 32.1 Å². The molecular formula is C20H24N2O3. The van der Waals surface area contributed by atoms with E-state index >= 15 is 0 Å². The van der Waals surface area contributed by atoms with Crippen LogP contribution in [-0.4, -0.2) is 42.8 Å². The highest BCUT2D eigenvalue weighted by Gasteiger charge is 2.23. The van der Waals surface area contributed by atoms with E-state index in [4.69, 9.17) is 4.74 Å². The molecule has 2 amide bonds. The summed E-state index contributed by atoms with van der Waals surface area (Å²) in [5.74, 6) is 1.02. The third kappa shape index (κ3) is 4.31. The number of methoxy groups -OCH3 is 1. The molecule has 1 aliphatic heterocycles. The van der Waals surface area contributed by atoms with Crippen LogP contribution < -0.4 is 10.1 Å². The van der Waals surface area contributed by atoms with Crippen LogP contribution >= 0.6 is 0 Å². The summed E-state index contributed by atoms with van der Waals surface area (Å²) >= 11 is 0. The van der Waals surface area contributed by atoms with Crippen LogP contribution in [0.5, 0.6) is 5.75 Å². The molecule has 5 nitrogen and oxygen atoms in total. The SMILES string of the molecule is COc1ccc(-c2ccc(NC(=O)N3CCC[C@@H](CO)C3)cc2)cc1. The van der Waals surface area contributed by atoms with E-state index in [2.05, 4.69) is 5.32 Å². The number of aliphatic hydroxyl groups excluding tert-OH is 1. The summed E-state index contributed by atoms with van der Waals surface area (Å²) in [6, 6.07) is 15.6. The summed E-state index contributed by atoms with van der Waals surface area (Å²) in [5.41, 5.74) is 2.95. The maximum absolute atomic E-state index is 12.4. The molecule has 0 radical (unpaired) electrons. The fourth-order valence-electron chi connectivity index (χ4n) is 3.13. The Bertz CT molecular complexity index is 698. The van der Waals surface area contributed by atoms with Crippen molar-refractivity contribution >= 4 is 11.7 Å². The maximum Gasteiger partial charge on any atom is 0.321 e. The summed E-state index contributed by atoms with van der Waals surface area (Å²) in [6.45, 7) is 1.50. The largest absolute Gasteiger partial charge is 0.497 e. The Hall–Kier alpha value is -2.53. The van der Waals surface area contributed by atoms with Gasteiger partial charge in [-0.25, -0.2) is 4.79 Å². The Balaban J connectivity index is 1.62. The quantitative estimate of drug-likeness (QED) is 0.894. The normalized spacial score (nSPS) is 17.2. The van der Waals surface area contributed by atoms with Crippen molar-refractivity contribution in [3.05, 3.63) is 48.5 Å². The maximum atomic E-state index is 12.4. The fraction of sp³-hybridized carbons (Fsp3) is 0.350. The molecule has 1 heterocycles. The Labute approximate surface area is 148 Å². The first kappa shape index (κ1) is 17.3. The molecule has 0 spiro atoms. The molecule has 1 saturated heterocycles. The van der Waals surface area contributed by atoms with Crippen molar-refractivity contribution in [3.63, 3.8) is 0 Å². The molecule has 0 unspecified atom stereocenters. The number of nitrogens with zero attached hydrogens (tertiary/aromatic N) is 1. The standard InChI is InChI=1S/C20H24N2O3/c1-25-19-10-6-17(7-11-19)16-4-8-18(9-5-16)21-20(24)22-12-2-3-15(13-22)14-23/h4-11,15,23H,2-3,12-14H2,1H3,(H,21,24)/t15-/m1/s1. The van der Waals surface area contributed by atoms with E-state index in [1.807, 2.05) is 48.5 Å². The van der Waals surface area contributed by atoms with Gasteiger partial charge in [-0.15, -0.1) is 0 Å². The first-order valence-electron chi connectivity index (χ1n) is 8.61. The van der Waals surface area contributed by atoms with Crippen molar-refractivity contribution in [1.29, 1.82) is 0 Å². The van der Waals surface area contributed by atoms with Gasteiger partial charge >= 0.3 is 6.03 Å². The van der Waals surface area contributed by atoms with Crippen LogP contribution in [0, 0.1) is 5.92 Å². The number of anilines is 1. The molecule has 2 N–H and O–H groups in total. The molecule has 0 bridgehead atoms. The summed E-state index contributed by atoms with van der Waals surface area (Å²) in [7, 11) is 1.65. The summed E-state index contributed by atoms with van der Waals surface area (Å²) in [6.07, 6.45) is 1.92. The second kappa shape index (κ2) is 8.03. The minimum atomic E-state index is -0.102. The monoisotopic (exact) mass is 340 g/mol. The third-order valence-corrected chi connectivity index (χ3v) is 4.62. The van der Waals surface area contributed by atoms with Gasteiger partial charge in [0.05, 0.1) is 7.11 Å². The highest BCUT2D eigenvalue weighted by Crippen LogP contribution is 2.24. The highest BCUT2D eigenvalue weighted by atomic mass is 16.5. The number of rotatable bonds is 4. The van der Waals surface area contributed by atoms with E-state index in [1.165, 1.54) is 0 Å². The number of carbonyl (C=O) groups is 1. The van der Waals surface area contributed by atoms with E-state index < -0.39 is 0 Å². The molecule has 25 heavy (non-hydrogen) atoms. The van der Waals surface area contributed by atoms with Crippen LogP contribution in [0.1, 0.15) is 12.8 Å². The topological polar surface area (TPSA) is 61.8 Å². The second-order valence-corrected chi connectivity index (χ2v) is 6.37. The van der Waals surface area contributed by atoms with Crippen LogP contribution in [0.4, 0.5) is 10.5 Å². The molecule has 132 valence electrons. The zero-order valence-electron chi connectivity index (χ0n) is 14.4. The van der Waals surface area contributed by atoms with Gasteiger partial charge in [0.1, 0.15) is 5.75 Å². The van der Waals surface area contributed by atoms with E-state index in [0.29, 0.717) is 6.54 Å². The smallest absolute Gasteiger partial charge is 0.321 e. The number of aliphatic hydroxyl groups is 1. The number of hydrogen-bond acceptors (Lipinski definition) is 3. The minimum absolute atomic E-state index is 0.102. The van der Waals surface area contributed by atoms with E-state index in [0.717, 1.165) is 42.0 Å². The zero-order chi connectivity index (χ0) is 17.6. The predicted molar refractivity (Wildman–Crippen MR) is 98.8 cm³/mol. The summed E-state index contributed by atoms with van der Waals surface area (Å²) in [4.78, 5) is 14.2. The van der Waals surface area contributed by atoms with E-state index in [-0.39, 0.29) is 18.6 Å². The number of ether oxygens (including phenoxy) is 1. The molecule has 0 saturated carbocycles. The van der Waals surface area contributed by atoms with Crippen LogP contribution in [0.15, 0.2) is 48.5 Å². The van der Waals surface area contributed by atoms with Gasteiger partial charge in [-0.2, -0.15) is 0 Å². The second-order valence-electron chi connectivity index (χ2n) is 6.37. The predicted octanol–water partition coefficient (Wildman–Crippen LogP) is 3.60. The van der Waals surface area contributed by atoms with Crippen LogP contribution in [0.25, 0.3) is 11.1 Å². The Morgan fingerprint density at radius 3 is 2.40 bits per heavy atom. The molecular weight excluding hydrogens is 316 g/mol. The number of benzene rings is 2. The van der Waals surface area contributed by atoms with Crippen molar-refractivity contribution < 1.29 is 14.6 Å². The van der Waals surface area contributed by atoms with Crippen LogP contribution in [0.2, 0.25) is 0 Å². The van der Waals surface area contributed by atoms with E-state index in [1.54, 1.807) is 12.0 Å². The minimum Gasteiger partial charge on any atom is -0.497 e. The van der Waals surface area contributed by atoms with Crippen LogP contribution in [0.3, 0.4) is 0 Å². The molecule has 1 fully saturated rings. The van der Waals surface area contributed by atoms with Crippen LogP contribution in [-0.2, 0) is 0 Å². The number of hydrogen-bond donors (Lipinski definition) is 2. The van der Waals surface area contributed by atoms with Crippen molar-refractivity contribution in [3.8, 4) is 16.9 Å². The van der Waals surface area contributed by atoms with Gasteiger partial charge in [0.2, 0.25) is 0 Å². The molecule has 3 rings (SSSR count). The number of nitrogens with one attached hydrogen (secondary N) is 1. The molecule has 2 aromatic rings. The first-order valence-corrected chi connectivity index (χ1v) is 8.61. The average molecular weight is 340 g/mol. The van der Waals surface area contributed by atoms with Gasteiger partial charge in [-0.1, -0.05) is 24.3 Å². The van der Waals surface area contributed by atoms with Gasteiger partial charge in [-0.3, -0.25) is 0 Å². The molecule has 5 heteroatoms. The van der Waals surface area contributed by atoms with E-state index in [9.17, 15) is 9.90 Å². The van der Waals surface area contributed by atoms with Gasteiger partial charge in [-0.05, 0) is 54.2 Å². The lowest BCUT2D eigenvalue weighted by Crippen LogP contribution is -2.43. The average Bonchev–Trinajstić information content (AvgIpc) is 2.68. The van der Waals surface area contributed by atoms with Gasteiger partial charge < -0.3 is 20.1 Å². The van der Waals surface area contributed by atoms with Gasteiger partial charge in [0, 0.05) is 25.4 Å². The van der Waals surface area contributed by atoms with Crippen molar-refractivity contribution in [2.45, 2.75) is 12.8 Å². The summed E-state index contributed by atoms with van der Waals surface area (Å²) in [5, 5.41) is 12.2. The number of carbonyl (C=O) groups excluding carboxylic acids is 1. The third-order valence-electron chi connectivity index (χ3n) is 4.62. The highest BCUT2D eigenvalue weighted by molar-refractivity contribution is 5.89. The lowest BCUT2D eigenvalue weighted by Gasteiger charge is -2.31. The lowest BCUT2D eigenvalue weighted by atomic mass is 9.99. The number of likely N-dealkylation sites (tertiary alicyclic amines) is 1. The van der Waals surface area contributed by atoms with Gasteiger partial charge in [0.15, 0.2) is 0 Å². The number of urea groups is 1. The van der Waals surface area contributed by atoms with Crippen molar-refractivity contribution in [1.82, 2.24) is 4.90 Å². The van der Waals surface area contributed by atoms with Gasteiger partial charge in [0.25, 0.3) is 0 Å². The molecule has 1 atom stereocenters. The molecule has 1 aliphatic rings. The molecule has 0 aromatic heterocycles. The Morgan fingerprint density at radius 1 is 1.16 bits per heavy atom. The molecule has 2 aromatic carbocycles. The Morgan fingerprint density at radius 2 is 1.80 bits per heavy atom. The summed E-state index contributed by atoms with van der Waals surface area (Å²) < 4.78 is 5.17. The first-order chi connectivity index (χ1) is 12.2.